The molecule has 1 aromatic heterocycles. The lowest BCUT2D eigenvalue weighted by Crippen LogP contribution is -2.34. The summed E-state index contributed by atoms with van der Waals surface area (Å²) in [5.41, 5.74) is -0.229. The van der Waals surface area contributed by atoms with Crippen molar-refractivity contribution in [1.29, 1.82) is 0 Å². The van der Waals surface area contributed by atoms with Crippen LogP contribution in [0.1, 0.15) is 10.5 Å². The number of rotatable bonds is 7. The second-order valence-corrected chi connectivity index (χ2v) is 5.28. The van der Waals surface area contributed by atoms with E-state index in [9.17, 15) is 18.3 Å². The topological polar surface area (TPSA) is 129 Å². The van der Waals surface area contributed by atoms with Crippen LogP contribution in [0.5, 0.6) is 0 Å². The molecule has 8 nitrogen and oxygen atoms in total. The van der Waals surface area contributed by atoms with Crippen molar-refractivity contribution in [3.8, 4) is 0 Å². The Morgan fingerprint density at radius 3 is 2.78 bits per heavy atom. The smallest absolute Gasteiger partial charge is 0.352 e. The molecule has 0 saturated carbocycles. The summed E-state index contributed by atoms with van der Waals surface area (Å²) in [4.78, 5) is 12.7. The first-order valence-electron chi connectivity index (χ1n) is 4.95. The fourth-order valence-corrected chi connectivity index (χ4v) is 2.26. The number of nitrogens with one attached hydrogen (secondary N) is 2. The molecule has 0 radical (unpaired) electrons. The summed E-state index contributed by atoms with van der Waals surface area (Å²) in [6.07, 6.45) is 0.0942. The fourth-order valence-electron chi connectivity index (χ4n) is 1.19. The number of carboxylic acid groups (broad SMARTS) is 1. The molecule has 0 aliphatic carbocycles. The number of hydrogen-bond acceptors (Lipinski definition) is 5. The SMILES string of the molecule is COCC(O)CNS(=O)(=O)c1c[nH]c(C(=O)O)c1. The minimum absolute atomic E-state index is 0.00394. The number of aromatic carboxylic acids is 1. The van der Waals surface area contributed by atoms with Crippen LogP contribution in [0.2, 0.25) is 0 Å². The number of carbonyl (C=O) groups is 1. The van der Waals surface area contributed by atoms with Crippen molar-refractivity contribution in [3.05, 3.63) is 18.0 Å². The van der Waals surface area contributed by atoms with Gasteiger partial charge >= 0.3 is 5.97 Å². The molecule has 1 atom stereocenters. The average Bonchev–Trinajstić information content (AvgIpc) is 2.77. The van der Waals surface area contributed by atoms with Crippen LogP contribution in [0, 0.1) is 0 Å². The van der Waals surface area contributed by atoms with E-state index in [0.717, 1.165) is 12.3 Å². The van der Waals surface area contributed by atoms with Crippen LogP contribution in [0.3, 0.4) is 0 Å². The number of methoxy groups -OCH3 is 1. The highest BCUT2D eigenvalue weighted by atomic mass is 32.2. The van der Waals surface area contributed by atoms with Crippen LogP contribution >= 0.6 is 0 Å². The lowest BCUT2D eigenvalue weighted by molar-refractivity contribution is 0.0678. The summed E-state index contributed by atoms with van der Waals surface area (Å²) >= 11 is 0. The normalized spacial score (nSPS) is 13.4. The second kappa shape index (κ2) is 5.96. The summed E-state index contributed by atoms with van der Waals surface area (Å²) in [7, 11) is -2.47. The highest BCUT2D eigenvalue weighted by molar-refractivity contribution is 7.89. The molecule has 4 N–H and O–H groups in total. The number of aliphatic hydroxyl groups excluding tert-OH is 1. The van der Waals surface area contributed by atoms with E-state index in [1.54, 1.807) is 0 Å². The van der Waals surface area contributed by atoms with E-state index in [0.29, 0.717) is 0 Å². The number of aliphatic hydroxyl groups is 1. The first-order chi connectivity index (χ1) is 8.36. The van der Waals surface area contributed by atoms with E-state index in [1.165, 1.54) is 7.11 Å². The highest BCUT2D eigenvalue weighted by Gasteiger charge is 2.19. The number of sulfonamides is 1. The monoisotopic (exact) mass is 278 g/mol. The van der Waals surface area contributed by atoms with Gasteiger partial charge in [0.15, 0.2) is 0 Å². The van der Waals surface area contributed by atoms with Crippen molar-refractivity contribution in [1.82, 2.24) is 9.71 Å². The van der Waals surface area contributed by atoms with Crippen molar-refractivity contribution in [2.45, 2.75) is 11.0 Å². The Hall–Kier alpha value is -1.42. The molecule has 0 aliphatic rings. The molecule has 102 valence electrons. The van der Waals surface area contributed by atoms with Crippen LogP contribution in [0.4, 0.5) is 0 Å². The Kier molecular flexibility index (Phi) is 4.84. The van der Waals surface area contributed by atoms with E-state index in [-0.39, 0.29) is 23.7 Å². The van der Waals surface area contributed by atoms with Gasteiger partial charge < -0.3 is 19.9 Å². The first kappa shape index (κ1) is 14.6. The molecule has 0 aliphatic heterocycles. The highest BCUT2D eigenvalue weighted by Crippen LogP contribution is 2.10. The van der Waals surface area contributed by atoms with Crippen molar-refractivity contribution in [3.63, 3.8) is 0 Å². The van der Waals surface area contributed by atoms with Gasteiger partial charge in [0, 0.05) is 19.9 Å². The molecule has 0 amide bonds. The van der Waals surface area contributed by atoms with Gasteiger partial charge in [-0.2, -0.15) is 0 Å². The van der Waals surface area contributed by atoms with Gasteiger partial charge in [-0.25, -0.2) is 17.9 Å². The molecule has 0 saturated heterocycles. The minimum Gasteiger partial charge on any atom is -0.477 e. The third-order valence-corrected chi connectivity index (χ3v) is 3.47. The zero-order valence-corrected chi connectivity index (χ0v) is 10.4. The first-order valence-corrected chi connectivity index (χ1v) is 6.43. The molecule has 1 unspecified atom stereocenters. The van der Waals surface area contributed by atoms with Crippen molar-refractivity contribution < 1.29 is 28.2 Å². The maximum atomic E-state index is 11.7. The Morgan fingerprint density at radius 1 is 1.61 bits per heavy atom. The Morgan fingerprint density at radius 2 is 2.28 bits per heavy atom. The van der Waals surface area contributed by atoms with Crippen LogP contribution in [-0.4, -0.2) is 55.9 Å². The van der Waals surface area contributed by atoms with Gasteiger partial charge in [-0.1, -0.05) is 0 Å². The molecule has 0 aromatic carbocycles. The molecule has 1 aromatic rings. The van der Waals surface area contributed by atoms with Gasteiger partial charge in [0.1, 0.15) is 10.6 Å². The summed E-state index contributed by atoms with van der Waals surface area (Å²) in [5, 5.41) is 17.9. The quantitative estimate of drug-likeness (QED) is 0.506. The predicted molar refractivity (Wildman–Crippen MR) is 60.8 cm³/mol. The Balaban J connectivity index is 2.71. The molecular formula is C9H14N2O6S. The number of ether oxygens (including phenoxy) is 1. The summed E-state index contributed by atoms with van der Waals surface area (Å²) in [5.74, 6) is -1.25. The van der Waals surface area contributed by atoms with E-state index >= 15 is 0 Å². The predicted octanol–water partition coefficient (Wildman–Crippen LogP) is -1.00. The third-order valence-electron chi connectivity index (χ3n) is 2.07. The molecule has 0 spiro atoms. The average molecular weight is 278 g/mol. The third kappa shape index (κ3) is 3.81. The van der Waals surface area contributed by atoms with E-state index < -0.39 is 22.1 Å². The van der Waals surface area contributed by atoms with E-state index in [2.05, 4.69) is 14.4 Å². The lowest BCUT2D eigenvalue weighted by atomic mass is 10.4. The van der Waals surface area contributed by atoms with E-state index in [4.69, 9.17) is 5.11 Å². The van der Waals surface area contributed by atoms with E-state index in [1.807, 2.05) is 0 Å². The van der Waals surface area contributed by atoms with Crippen LogP contribution in [-0.2, 0) is 14.8 Å². The van der Waals surface area contributed by atoms with Crippen molar-refractivity contribution in [2.24, 2.45) is 0 Å². The van der Waals surface area contributed by atoms with Crippen LogP contribution in [0.25, 0.3) is 0 Å². The summed E-state index contributed by atoms with van der Waals surface area (Å²) in [6, 6.07) is 0.993. The zero-order chi connectivity index (χ0) is 13.8. The van der Waals surface area contributed by atoms with Gasteiger partial charge in [-0.3, -0.25) is 0 Å². The van der Waals surface area contributed by atoms with Crippen LogP contribution < -0.4 is 4.72 Å². The molecule has 1 heterocycles. The van der Waals surface area contributed by atoms with Crippen molar-refractivity contribution >= 4 is 16.0 Å². The number of hydrogen-bond donors (Lipinski definition) is 4. The van der Waals surface area contributed by atoms with Gasteiger partial charge in [0.25, 0.3) is 0 Å². The molecule has 9 heteroatoms. The summed E-state index contributed by atoms with van der Waals surface area (Å²) < 4.78 is 30.2. The van der Waals surface area contributed by atoms with Crippen molar-refractivity contribution in [2.75, 3.05) is 20.3 Å². The Bertz CT molecular complexity index is 509. The van der Waals surface area contributed by atoms with Gasteiger partial charge in [0.05, 0.1) is 12.7 Å². The Labute approximate surface area is 104 Å². The molecule has 0 bridgehead atoms. The minimum atomic E-state index is -3.85. The van der Waals surface area contributed by atoms with Crippen LogP contribution in [0.15, 0.2) is 17.2 Å². The number of carboxylic acids is 1. The second-order valence-electron chi connectivity index (χ2n) is 3.52. The fraction of sp³-hybridized carbons (Fsp3) is 0.444. The van der Waals surface area contributed by atoms with Gasteiger partial charge in [-0.05, 0) is 6.07 Å². The van der Waals surface area contributed by atoms with Gasteiger partial charge in [0.2, 0.25) is 10.0 Å². The zero-order valence-electron chi connectivity index (χ0n) is 9.58. The largest absolute Gasteiger partial charge is 0.477 e. The number of H-pyrrole nitrogens is 1. The van der Waals surface area contributed by atoms with Gasteiger partial charge in [-0.15, -0.1) is 0 Å². The molecule has 0 fully saturated rings. The molecule has 18 heavy (non-hydrogen) atoms. The number of aromatic nitrogens is 1. The lowest BCUT2D eigenvalue weighted by Gasteiger charge is -2.10. The summed E-state index contributed by atoms with van der Waals surface area (Å²) in [6.45, 7) is -0.222. The molecule has 1 rings (SSSR count). The standard InChI is InChI=1S/C9H14N2O6S/c1-17-5-6(12)3-11-18(15,16)7-2-8(9(13)14)10-4-7/h2,4,6,10-12H,3,5H2,1H3,(H,13,14). The maximum Gasteiger partial charge on any atom is 0.352 e. The number of aromatic amines is 1. The molecular weight excluding hydrogens is 264 g/mol. The maximum absolute atomic E-state index is 11.7.